The van der Waals surface area contributed by atoms with Gasteiger partial charge in [0.25, 0.3) is 0 Å². The lowest BCUT2D eigenvalue weighted by Gasteiger charge is -2.16. The zero-order valence-corrected chi connectivity index (χ0v) is 16.0. The van der Waals surface area contributed by atoms with E-state index in [1.54, 1.807) is 6.07 Å². The number of fused-ring (bicyclic) bond motifs is 2. The van der Waals surface area contributed by atoms with Crippen LogP contribution >= 0.6 is 0 Å². The second-order valence-corrected chi connectivity index (χ2v) is 6.72. The summed E-state index contributed by atoms with van der Waals surface area (Å²) in [4.78, 5) is 0. The molecule has 3 aromatic carbocycles. The van der Waals surface area contributed by atoms with Gasteiger partial charge in [0.05, 0.1) is 23.0 Å². The van der Waals surface area contributed by atoms with Gasteiger partial charge in [0.1, 0.15) is 11.5 Å². The van der Waals surface area contributed by atoms with Crippen molar-refractivity contribution in [1.29, 1.82) is 0 Å². The number of phenolic OH excluding ortho intramolecular Hbond substituents is 2. The van der Waals surface area contributed by atoms with E-state index >= 15 is 0 Å². The van der Waals surface area contributed by atoms with Gasteiger partial charge in [-0.05, 0) is 25.0 Å². The number of benzene rings is 3. The van der Waals surface area contributed by atoms with E-state index in [1.165, 1.54) is 0 Å². The lowest BCUT2D eigenvalue weighted by molar-refractivity contribution is 0.478. The molecule has 0 bridgehead atoms. The van der Waals surface area contributed by atoms with Crippen LogP contribution in [0.4, 0.5) is 11.4 Å². The number of hydrogen-bond donors (Lipinski definition) is 3. The average Bonchev–Trinajstić information content (AvgIpc) is 2.70. The summed E-state index contributed by atoms with van der Waals surface area (Å²) in [5.74, 6) is 0.282. The van der Waals surface area contributed by atoms with Crippen LogP contribution in [0.1, 0.15) is 39.5 Å². The predicted octanol–water partition coefficient (Wildman–Crippen LogP) is 6.50. The highest BCUT2D eigenvalue weighted by atomic mass is 16.3. The molecule has 0 spiro atoms. The van der Waals surface area contributed by atoms with Crippen molar-refractivity contribution < 1.29 is 10.2 Å². The Kier molecular flexibility index (Phi) is 6.12. The second kappa shape index (κ2) is 8.71. The van der Waals surface area contributed by atoms with Crippen LogP contribution < -0.4 is 5.32 Å². The molecular weight excluding hydrogens is 338 g/mol. The highest BCUT2D eigenvalue weighted by Crippen LogP contribution is 2.48. The number of hydrogen-bond acceptors (Lipinski definition) is 5. The lowest BCUT2D eigenvalue weighted by Crippen LogP contribution is -2.01. The molecule has 0 fully saturated rings. The first-order valence-electron chi connectivity index (χ1n) is 9.69. The van der Waals surface area contributed by atoms with Crippen LogP contribution in [0.3, 0.4) is 0 Å². The third-order valence-corrected chi connectivity index (χ3v) is 4.73. The Labute approximate surface area is 159 Å². The van der Waals surface area contributed by atoms with Gasteiger partial charge in [-0.15, -0.1) is 0 Å². The molecule has 0 saturated carbocycles. The van der Waals surface area contributed by atoms with Crippen LogP contribution in [0.25, 0.3) is 21.5 Å². The summed E-state index contributed by atoms with van der Waals surface area (Å²) in [6.07, 6.45) is 4.13. The first-order chi connectivity index (χ1) is 13.2. The van der Waals surface area contributed by atoms with Gasteiger partial charge in [0.15, 0.2) is 0 Å². The van der Waals surface area contributed by atoms with Crippen LogP contribution in [0.5, 0.6) is 11.5 Å². The molecule has 0 aliphatic heterocycles. The minimum atomic E-state index is 0.127. The highest BCUT2D eigenvalue weighted by Gasteiger charge is 2.18. The van der Waals surface area contributed by atoms with Gasteiger partial charge >= 0.3 is 0 Å². The van der Waals surface area contributed by atoms with Crippen LogP contribution in [0, 0.1) is 0 Å². The molecule has 3 rings (SSSR count). The van der Waals surface area contributed by atoms with Gasteiger partial charge in [0.2, 0.25) is 0 Å². The van der Waals surface area contributed by atoms with Crippen LogP contribution in [0.15, 0.2) is 46.6 Å². The number of rotatable bonds is 8. The molecule has 0 aliphatic rings. The number of unbranched alkanes of at least 4 members (excludes halogenated alkanes) is 2. The zero-order chi connectivity index (χ0) is 19.2. The van der Waals surface area contributed by atoms with Crippen molar-refractivity contribution in [2.45, 2.75) is 39.5 Å². The maximum atomic E-state index is 11.0. The summed E-state index contributed by atoms with van der Waals surface area (Å²) in [5, 5.41) is 36.3. The van der Waals surface area contributed by atoms with E-state index < -0.39 is 0 Å². The fourth-order valence-corrected chi connectivity index (χ4v) is 3.23. The topological polar surface area (TPSA) is 77.2 Å². The molecule has 0 aliphatic carbocycles. The maximum absolute atomic E-state index is 11.0. The van der Waals surface area contributed by atoms with E-state index in [0.29, 0.717) is 33.8 Å². The Balaban J connectivity index is 2.23. The van der Waals surface area contributed by atoms with Gasteiger partial charge in [-0.25, -0.2) is 0 Å². The molecule has 3 aromatic rings. The SMILES string of the molecule is CCCCN=Nc1ccc(NCCCC)c2c(O)c3ccccc3c(O)c12. The fraction of sp³-hybridized carbons (Fsp3) is 0.364. The molecule has 0 unspecified atom stereocenters. The average molecular weight is 365 g/mol. The van der Waals surface area contributed by atoms with E-state index in [9.17, 15) is 10.2 Å². The molecule has 0 aromatic heterocycles. The van der Waals surface area contributed by atoms with E-state index in [2.05, 4.69) is 29.4 Å². The first kappa shape index (κ1) is 19.0. The predicted molar refractivity (Wildman–Crippen MR) is 112 cm³/mol. The lowest BCUT2D eigenvalue weighted by atomic mass is 9.98. The molecule has 0 saturated heterocycles. The van der Waals surface area contributed by atoms with E-state index in [4.69, 9.17) is 0 Å². The maximum Gasteiger partial charge on any atom is 0.133 e. The number of phenols is 2. The number of anilines is 1. The van der Waals surface area contributed by atoms with E-state index in [1.807, 2.05) is 30.3 Å². The van der Waals surface area contributed by atoms with Gasteiger partial charge in [-0.3, -0.25) is 0 Å². The first-order valence-corrected chi connectivity index (χ1v) is 9.69. The van der Waals surface area contributed by atoms with Gasteiger partial charge in [0, 0.05) is 23.0 Å². The molecule has 5 heteroatoms. The Hall–Kier alpha value is -2.82. The van der Waals surface area contributed by atoms with Gasteiger partial charge in [-0.2, -0.15) is 10.2 Å². The smallest absolute Gasteiger partial charge is 0.133 e. The standard InChI is InChI=1S/C22H27N3O2/c1-3-5-13-23-17-11-12-18(25-24-14-6-4-2)20-19(17)21(26)15-9-7-8-10-16(15)22(20)27/h7-12,23,26-27H,3-6,13-14H2,1-2H3. The van der Waals surface area contributed by atoms with Crippen molar-refractivity contribution in [1.82, 2.24) is 0 Å². The van der Waals surface area contributed by atoms with E-state index in [0.717, 1.165) is 37.9 Å². The Morgan fingerprint density at radius 2 is 1.52 bits per heavy atom. The molecular formula is C22H27N3O2. The number of aromatic hydroxyl groups is 2. The Morgan fingerprint density at radius 1 is 0.852 bits per heavy atom. The van der Waals surface area contributed by atoms with Gasteiger partial charge < -0.3 is 15.5 Å². The summed E-state index contributed by atoms with van der Waals surface area (Å²) in [5.41, 5.74) is 1.37. The molecule has 27 heavy (non-hydrogen) atoms. The van der Waals surface area contributed by atoms with Crippen molar-refractivity contribution in [3.05, 3.63) is 36.4 Å². The quantitative estimate of drug-likeness (QED) is 0.184. The van der Waals surface area contributed by atoms with Crippen molar-refractivity contribution in [2.75, 3.05) is 18.4 Å². The summed E-state index contributed by atoms with van der Waals surface area (Å²) >= 11 is 0. The Bertz CT molecular complexity index is 967. The monoisotopic (exact) mass is 365 g/mol. The largest absolute Gasteiger partial charge is 0.507 e. The van der Waals surface area contributed by atoms with Crippen LogP contribution in [-0.2, 0) is 0 Å². The summed E-state index contributed by atoms with van der Waals surface area (Å²) < 4.78 is 0. The second-order valence-electron chi connectivity index (χ2n) is 6.72. The third-order valence-electron chi connectivity index (χ3n) is 4.73. The molecule has 0 radical (unpaired) electrons. The summed E-state index contributed by atoms with van der Waals surface area (Å²) in [7, 11) is 0. The summed E-state index contributed by atoms with van der Waals surface area (Å²) in [6.45, 7) is 5.69. The highest BCUT2D eigenvalue weighted by molar-refractivity contribution is 6.18. The van der Waals surface area contributed by atoms with Gasteiger partial charge in [-0.1, -0.05) is 51.0 Å². The normalized spacial score (nSPS) is 11.6. The number of nitrogens with zero attached hydrogens (tertiary/aromatic N) is 2. The summed E-state index contributed by atoms with van der Waals surface area (Å²) in [6, 6.07) is 11.1. The molecule has 142 valence electrons. The van der Waals surface area contributed by atoms with Crippen molar-refractivity contribution >= 4 is 32.9 Å². The fourth-order valence-electron chi connectivity index (χ4n) is 3.23. The zero-order valence-electron chi connectivity index (χ0n) is 16.0. The molecule has 5 nitrogen and oxygen atoms in total. The third kappa shape index (κ3) is 3.82. The molecule has 0 atom stereocenters. The van der Waals surface area contributed by atoms with Crippen molar-refractivity contribution in [3.8, 4) is 11.5 Å². The number of nitrogens with one attached hydrogen (secondary N) is 1. The van der Waals surface area contributed by atoms with Crippen LogP contribution in [0.2, 0.25) is 0 Å². The van der Waals surface area contributed by atoms with Crippen molar-refractivity contribution in [2.24, 2.45) is 10.2 Å². The minimum absolute atomic E-state index is 0.127. The Morgan fingerprint density at radius 3 is 2.19 bits per heavy atom. The molecule has 0 amide bonds. The van der Waals surface area contributed by atoms with E-state index in [-0.39, 0.29) is 11.5 Å². The molecule has 3 N–H and O–H groups in total. The number of azo groups is 1. The molecule has 0 heterocycles. The van der Waals surface area contributed by atoms with Crippen LogP contribution in [-0.4, -0.2) is 23.3 Å². The minimum Gasteiger partial charge on any atom is -0.507 e. The van der Waals surface area contributed by atoms with Crippen molar-refractivity contribution in [3.63, 3.8) is 0 Å².